The quantitative estimate of drug-likeness (QED) is 0.528. The average molecular weight is 298 g/mol. The smallest absolute Gasteiger partial charge is 0.334 e. The number of aromatic hydroxyl groups is 2. The Kier molecular flexibility index (Phi) is 5.69. The summed E-state index contributed by atoms with van der Waals surface area (Å²) >= 11 is 0. The van der Waals surface area contributed by atoms with E-state index in [2.05, 4.69) is 4.74 Å². The van der Waals surface area contributed by atoms with Crippen LogP contribution < -0.4 is 0 Å². The summed E-state index contributed by atoms with van der Waals surface area (Å²) < 4.78 is 9.49. The number of Topliss-reactive ketones (excluding diaryl/α,β-unsaturated/α-hetero) is 1. The molecule has 0 spiro atoms. The van der Waals surface area contributed by atoms with E-state index in [1.807, 2.05) is 0 Å². The van der Waals surface area contributed by atoms with Gasteiger partial charge in [-0.1, -0.05) is 0 Å². The lowest BCUT2D eigenvalue weighted by Gasteiger charge is -2.21. The number of carbonyl (C=O) groups is 2. The predicted molar refractivity (Wildman–Crippen MR) is 72.2 cm³/mol. The van der Waals surface area contributed by atoms with Gasteiger partial charge in [-0.15, -0.1) is 0 Å². The van der Waals surface area contributed by atoms with Gasteiger partial charge in [-0.05, 0) is 19.1 Å². The van der Waals surface area contributed by atoms with Gasteiger partial charge in [0.05, 0.1) is 24.3 Å². The van der Waals surface area contributed by atoms with Gasteiger partial charge in [-0.3, -0.25) is 4.79 Å². The number of methoxy groups -OCH3 is 2. The molecule has 7 nitrogen and oxygen atoms in total. The number of benzene rings is 1. The molecule has 0 heterocycles. The van der Waals surface area contributed by atoms with E-state index in [1.165, 1.54) is 26.2 Å². The zero-order valence-electron chi connectivity index (χ0n) is 12.0. The number of esters is 1. The fraction of sp³-hybridized carbons (Fsp3) is 0.429. The molecular weight excluding hydrogens is 280 g/mol. The third-order valence-corrected chi connectivity index (χ3v) is 3.09. The number of aliphatic hydroxyl groups is 1. The van der Waals surface area contributed by atoms with Gasteiger partial charge in [-0.25, -0.2) is 4.79 Å². The minimum Gasteiger partial charge on any atom is -0.507 e. The lowest BCUT2D eigenvalue weighted by atomic mass is 9.97. The minimum atomic E-state index is -1.49. The number of hydrogen-bond acceptors (Lipinski definition) is 7. The molecule has 0 fully saturated rings. The van der Waals surface area contributed by atoms with Crippen LogP contribution >= 0.6 is 0 Å². The van der Waals surface area contributed by atoms with Crippen LogP contribution in [0.5, 0.6) is 11.5 Å². The first kappa shape index (κ1) is 16.9. The molecular formula is C14H18O7. The molecule has 1 rings (SSSR count). The average Bonchev–Trinajstić information content (AvgIpc) is 2.44. The maximum absolute atomic E-state index is 11.4. The monoisotopic (exact) mass is 298 g/mol. The van der Waals surface area contributed by atoms with Gasteiger partial charge in [-0.2, -0.15) is 0 Å². The van der Waals surface area contributed by atoms with Crippen LogP contribution in [0.4, 0.5) is 0 Å². The molecule has 7 heteroatoms. The number of phenolic OH excluding ortho intramolecular Hbond substituents is 2. The highest BCUT2D eigenvalue weighted by molar-refractivity contribution is 5.97. The van der Waals surface area contributed by atoms with Gasteiger partial charge in [0, 0.05) is 13.5 Å². The van der Waals surface area contributed by atoms with E-state index in [9.17, 15) is 24.9 Å². The minimum absolute atomic E-state index is 0.0115. The highest BCUT2D eigenvalue weighted by Crippen LogP contribution is 2.39. The lowest BCUT2D eigenvalue weighted by molar-refractivity contribution is -0.152. The van der Waals surface area contributed by atoms with Crippen molar-refractivity contribution in [2.45, 2.75) is 25.6 Å². The fourth-order valence-corrected chi connectivity index (χ4v) is 1.97. The van der Waals surface area contributed by atoms with E-state index in [1.54, 1.807) is 0 Å². The molecule has 21 heavy (non-hydrogen) atoms. The van der Waals surface area contributed by atoms with Crippen molar-refractivity contribution in [3.63, 3.8) is 0 Å². The maximum Gasteiger partial charge on any atom is 0.334 e. The Morgan fingerprint density at radius 3 is 2.33 bits per heavy atom. The molecule has 0 bridgehead atoms. The molecule has 3 N–H and O–H groups in total. The summed E-state index contributed by atoms with van der Waals surface area (Å²) in [5, 5.41) is 29.6. The van der Waals surface area contributed by atoms with E-state index < -0.39 is 29.7 Å². The molecule has 0 amide bonds. The van der Waals surface area contributed by atoms with Crippen LogP contribution in [0.2, 0.25) is 0 Å². The van der Waals surface area contributed by atoms with Gasteiger partial charge >= 0.3 is 5.97 Å². The Bertz CT molecular complexity index is 538. The highest BCUT2D eigenvalue weighted by Gasteiger charge is 2.28. The Morgan fingerprint density at radius 2 is 1.86 bits per heavy atom. The maximum atomic E-state index is 11.4. The van der Waals surface area contributed by atoms with Crippen molar-refractivity contribution in [2.75, 3.05) is 14.2 Å². The van der Waals surface area contributed by atoms with Crippen molar-refractivity contribution in [2.24, 2.45) is 0 Å². The first-order chi connectivity index (χ1) is 9.83. The summed E-state index contributed by atoms with van der Waals surface area (Å²) in [4.78, 5) is 22.6. The zero-order valence-corrected chi connectivity index (χ0v) is 12.0. The Morgan fingerprint density at radius 1 is 1.24 bits per heavy atom. The number of ether oxygens (including phenoxy) is 2. The molecule has 0 saturated heterocycles. The summed E-state index contributed by atoms with van der Waals surface area (Å²) in [6.07, 6.45) is -2.72. The SMILES string of the molecule is COC(=O)C(O)CC(OC)c1c(O)ccc(C(C)=O)c1O. The highest BCUT2D eigenvalue weighted by atomic mass is 16.5. The van der Waals surface area contributed by atoms with Gasteiger partial charge in [0.15, 0.2) is 11.9 Å². The molecule has 0 aromatic heterocycles. The van der Waals surface area contributed by atoms with Crippen molar-refractivity contribution < 1.29 is 34.4 Å². The summed E-state index contributed by atoms with van der Waals surface area (Å²) in [6.45, 7) is 1.26. The topological polar surface area (TPSA) is 113 Å². The molecule has 0 radical (unpaired) electrons. The van der Waals surface area contributed by atoms with Gasteiger partial charge in [0.1, 0.15) is 11.5 Å². The van der Waals surface area contributed by atoms with E-state index in [-0.39, 0.29) is 23.3 Å². The number of ketones is 1. The van der Waals surface area contributed by atoms with Crippen molar-refractivity contribution in [3.8, 4) is 11.5 Å². The van der Waals surface area contributed by atoms with Crippen LogP contribution in [0.25, 0.3) is 0 Å². The normalized spacial score (nSPS) is 13.5. The van der Waals surface area contributed by atoms with Crippen LogP contribution in [0.1, 0.15) is 35.4 Å². The number of carbonyl (C=O) groups excluding carboxylic acids is 2. The van der Waals surface area contributed by atoms with E-state index in [0.29, 0.717) is 0 Å². The van der Waals surface area contributed by atoms with Crippen molar-refractivity contribution in [1.82, 2.24) is 0 Å². The van der Waals surface area contributed by atoms with Gasteiger partial charge in [0.25, 0.3) is 0 Å². The number of phenols is 2. The fourth-order valence-electron chi connectivity index (χ4n) is 1.97. The Balaban J connectivity index is 3.19. The van der Waals surface area contributed by atoms with Crippen LogP contribution in [-0.4, -0.2) is 47.4 Å². The Hall–Kier alpha value is -2.12. The van der Waals surface area contributed by atoms with E-state index in [0.717, 1.165) is 7.11 Å². The standard InChI is InChI=1S/C14H18O7/c1-7(15)8-4-5-9(16)12(13(8)18)11(20-2)6-10(17)14(19)21-3/h4-5,10-11,16-18H,6H2,1-3H3. The first-order valence-electron chi connectivity index (χ1n) is 6.17. The molecule has 0 aliphatic heterocycles. The first-order valence-corrected chi connectivity index (χ1v) is 6.17. The molecule has 116 valence electrons. The zero-order chi connectivity index (χ0) is 16.2. The van der Waals surface area contributed by atoms with E-state index >= 15 is 0 Å². The van der Waals surface area contributed by atoms with Gasteiger partial charge in [0.2, 0.25) is 0 Å². The molecule has 0 saturated carbocycles. The summed E-state index contributed by atoms with van der Waals surface area (Å²) in [5.74, 6) is -2.00. The largest absolute Gasteiger partial charge is 0.507 e. The summed E-state index contributed by atoms with van der Waals surface area (Å²) in [7, 11) is 2.41. The van der Waals surface area contributed by atoms with E-state index in [4.69, 9.17) is 4.74 Å². The number of rotatable bonds is 6. The van der Waals surface area contributed by atoms with Crippen molar-refractivity contribution in [3.05, 3.63) is 23.3 Å². The second kappa shape index (κ2) is 7.05. The number of aliphatic hydroxyl groups excluding tert-OH is 1. The second-order valence-corrected chi connectivity index (χ2v) is 4.45. The van der Waals surface area contributed by atoms with Gasteiger partial charge < -0.3 is 24.8 Å². The Labute approximate surface area is 121 Å². The van der Waals surface area contributed by atoms with Crippen molar-refractivity contribution in [1.29, 1.82) is 0 Å². The van der Waals surface area contributed by atoms with Crippen LogP contribution in [0, 0.1) is 0 Å². The van der Waals surface area contributed by atoms with Crippen LogP contribution in [0.3, 0.4) is 0 Å². The molecule has 1 aromatic rings. The molecule has 0 aliphatic carbocycles. The molecule has 2 unspecified atom stereocenters. The second-order valence-electron chi connectivity index (χ2n) is 4.45. The number of hydrogen-bond donors (Lipinski definition) is 3. The molecule has 2 atom stereocenters. The van der Waals surface area contributed by atoms with Crippen molar-refractivity contribution >= 4 is 11.8 Å². The molecule has 1 aromatic carbocycles. The van der Waals surface area contributed by atoms with Crippen LogP contribution in [0.15, 0.2) is 12.1 Å². The van der Waals surface area contributed by atoms with Crippen LogP contribution in [-0.2, 0) is 14.3 Å². The molecule has 0 aliphatic rings. The predicted octanol–water partition coefficient (Wildman–Crippen LogP) is 0.912. The third-order valence-electron chi connectivity index (χ3n) is 3.09. The summed E-state index contributed by atoms with van der Waals surface area (Å²) in [5.41, 5.74) is -0.0504. The summed E-state index contributed by atoms with van der Waals surface area (Å²) in [6, 6.07) is 2.52. The third kappa shape index (κ3) is 3.71. The lowest BCUT2D eigenvalue weighted by Crippen LogP contribution is -2.25.